The molecule has 7 heteroatoms. The summed E-state index contributed by atoms with van der Waals surface area (Å²) in [4.78, 5) is 19.5. The minimum absolute atomic E-state index is 0.0482. The van der Waals surface area contributed by atoms with Crippen LogP contribution in [0.1, 0.15) is 29.6 Å². The van der Waals surface area contributed by atoms with Gasteiger partial charge in [-0.2, -0.15) is 0 Å². The first-order valence-corrected chi connectivity index (χ1v) is 10.8. The molecule has 0 atom stereocenters. The SMILES string of the molecule is CN(C)CCCNc1c(C(=O)C2CC2)cnc2ccc(-c3cc(F)c(O)c(Cl)c3)cc12. The maximum absolute atomic E-state index is 14.0. The van der Waals surface area contributed by atoms with Gasteiger partial charge in [-0.3, -0.25) is 9.78 Å². The first-order chi connectivity index (χ1) is 14.8. The number of nitrogens with zero attached hydrogens (tertiary/aromatic N) is 2. The molecule has 0 spiro atoms. The third kappa shape index (κ3) is 4.65. The molecule has 1 aliphatic rings. The number of phenols is 1. The van der Waals surface area contributed by atoms with Crippen LogP contribution in [0.5, 0.6) is 5.75 Å². The molecule has 162 valence electrons. The molecule has 0 amide bonds. The minimum atomic E-state index is -0.777. The first-order valence-electron chi connectivity index (χ1n) is 10.4. The van der Waals surface area contributed by atoms with E-state index in [1.807, 2.05) is 32.3 Å². The van der Waals surface area contributed by atoms with Crippen molar-refractivity contribution in [2.45, 2.75) is 19.3 Å². The summed E-state index contributed by atoms with van der Waals surface area (Å²) in [7, 11) is 4.05. The predicted octanol–water partition coefficient (Wildman–Crippen LogP) is 5.36. The Labute approximate surface area is 185 Å². The summed E-state index contributed by atoms with van der Waals surface area (Å²) in [5.74, 6) is -1.14. The highest BCUT2D eigenvalue weighted by molar-refractivity contribution is 6.32. The number of fused-ring (bicyclic) bond motifs is 1. The lowest BCUT2D eigenvalue weighted by Gasteiger charge is -2.16. The van der Waals surface area contributed by atoms with E-state index in [9.17, 15) is 14.3 Å². The molecule has 0 unspecified atom stereocenters. The third-order valence-electron chi connectivity index (χ3n) is 5.52. The molecular formula is C24H25ClFN3O2. The van der Waals surface area contributed by atoms with Gasteiger partial charge in [-0.15, -0.1) is 0 Å². The number of phenolic OH excluding ortho intramolecular Hbond substituents is 1. The van der Waals surface area contributed by atoms with Crippen molar-refractivity contribution in [2.24, 2.45) is 5.92 Å². The number of anilines is 1. The van der Waals surface area contributed by atoms with Crippen LogP contribution in [0.2, 0.25) is 5.02 Å². The van der Waals surface area contributed by atoms with Gasteiger partial charge < -0.3 is 15.3 Å². The van der Waals surface area contributed by atoms with E-state index in [4.69, 9.17) is 11.6 Å². The maximum Gasteiger partial charge on any atom is 0.170 e. The van der Waals surface area contributed by atoms with Crippen molar-refractivity contribution in [3.63, 3.8) is 0 Å². The van der Waals surface area contributed by atoms with E-state index in [2.05, 4.69) is 15.2 Å². The smallest absolute Gasteiger partial charge is 0.170 e. The normalized spacial score (nSPS) is 13.7. The molecule has 31 heavy (non-hydrogen) atoms. The Hall–Kier alpha value is -2.70. The molecule has 1 saturated carbocycles. The van der Waals surface area contributed by atoms with Crippen LogP contribution < -0.4 is 5.32 Å². The van der Waals surface area contributed by atoms with E-state index in [0.29, 0.717) is 17.7 Å². The number of carbonyl (C=O) groups excluding carboxylic acids is 1. The van der Waals surface area contributed by atoms with Gasteiger partial charge in [0.25, 0.3) is 0 Å². The zero-order chi connectivity index (χ0) is 22.1. The summed E-state index contributed by atoms with van der Waals surface area (Å²) in [6.45, 7) is 1.64. The van der Waals surface area contributed by atoms with Crippen molar-refractivity contribution in [3.05, 3.63) is 52.9 Å². The zero-order valence-electron chi connectivity index (χ0n) is 17.6. The van der Waals surface area contributed by atoms with Crippen LogP contribution in [-0.2, 0) is 0 Å². The summed E-state index contributed by atoms with van der Waals surface area (Å²) in [5.41, 5.74) is 3.39. The van der Waals surface area contributed by atoms with Gasteiger partial charge in [-0.05, 0) is 75.3 Å². The Morgan fingerprint density at radius 3 is 2.71 bits per heavy atom. The number of ketones is 1. The number of carbonyl (C=O) groups is 1. The second-order valence-corrected chi connectivity index (χ2v) is 8.70. The van der Waals surface area contributed by atoms with E-state index >= 15 is 0 Å². The highest BCUT2D eigenvalue weighted by atomic mass is 35.5. The largest absolute Gasteiger partial charge is 0.504 e. The zero-order valence-corrected chi connectivity index (χ0v) is 18.3. The third-order valence-corrected chi connectivity index (χ3v) is 5.80. The van der Waals surface area contributed by atoms with Crippen molar-refractivity contribution in [1.82, 2.24) is 9.88 Å². The number of aromatic nitrogens is 1. The Bertz CT molecular complexity index is 1120. The van der Waals surface area contributed by atoms with Gasteiger partial charge in [0.1, 0.15) is 0 Å². The number of Topliss-reactive ketones (excluding diaryl/α,β-unsaturated/α-hetero) is 1. The van der Waals surface area contributed by atoms with Crippen molar-refractivity contribution in [3.8, 4) is 16.9 Å². The fourth-order valence-corrected chi connectivity index (χ4v) is 3.86. The van der Waals surface area contributed by atoms with Gasteiger partial charge in [-0.25, -0.2) is 4.39 Å². The van der Waals surface area contributed by atoms with E-state index in [0.717, 1.165) is 48.0 Å². The molecule has 0 radical (unpaired) electrons. The minimum Gasteiger partial charge on any atom is -0.504 e. The van der Waals surface area contributed by atoms with E-state index in [1.54, 1.807) is 6.20 Å². The molecule has 1 aliphatic carbocycles. The highest BCUT2D eigenvalue weighted by Gasteiger charge is 2.32. The van der Waals surface area contributed by atoms with Gasteiger partial charge >= 0.3 is 0 Å². The van der Waals surface area contributed by atoms with Gasteiger partial charge in [0.15, 0.2) is 17.3 Å². The number of aromatic hydroxyl groups is 1. The molecule has 3 aromatic rings. The maximum atomic E-state index is 14.0. The summed E-state index contributed by atoms with van der Waals surface area (Å²) in [6.07, 6.45) is 4.42. The lowest BCUT2D eigenvalue weighted by Crippen LogP contribution is -2.17. The van der Waals surface area contributed by atoms with E-state index < -0.39 is 11.6 Å². The van der Waals surface area contributed by atoms with Gasteiger partial charge in [0, 0.05) is 24.0 Å². The standard InChI is InChI=1S/C24H25ClFN3O2/c1-29(2)9-3-8-27-22-17-10-15(16-11-19(25)24(31)20(26)12-16)6-7-21(17)28-13-18(22)23(30)14-4-5-14/h6-7,10-14,31H,3-5,8-9H2,1-2H3,(H,27,28). The number of hydrogen-bond acceptors (Lipinski definition) is 5. The Kier molecular flexibility index (Phi) is 6.12. The van der Waals surface area contributed by atoms with Crippen molar-refractivity contribution >= 4 is 34.0 Å². The van der Waals surface area contributed by atoms with Crippen LogP contribution >= 0.6 is 11.6 Å². The Balaban J connectivity index is 1.78. The second kappa shape index (κ2) is 8.81. The predicted molar refractivity (Wildman–Crippen MR) is 123 cm³/mol. The van der Waals surface area contributed by atoms with Crippen molar-refractivity contribution in [1.29, 1.82) is 0 Å². The molecule has 2 aromatic carbocycles. The fraction of sp³-hybridized carbons (Fsp3) is 0.333. The number of rotatable bonds is 8. The van der Waals surface area contributed by atoms with E-state index in [-0.39, 0.29) is 16.7 Å². The fourth-order valence-electron chi connectivity index (χ4n) is 3.66. The lowest BCUT2D eigenvalue weighted by atomic mass is 9.99. The van der Waals surface area contributed by atoms with Crippen molar-refractivity contribution in [2.75, 3.05) is 32.5 Å². The summed E-state index contributed by atoms with van der Waals surface area (Å²) < 4.78 is 14.0. The monoisotopic (exact) mass is 441 g/mol. The van der Waals surface area contributed by atoms with Crippen LogP contribution in [0.4, 0.5) is 10.1 Å². The van der Waals surface area contributed by atoms with Crippen LogP contribution in [-0.4, -0.2) is 48.0 Å². The van der Waals surface area contributed by atoms with Crippen LogP contribution in [0.3, 0.4) is 0 Å². The molecular weight excluding hydrogens is 417 g/mol. The van der Waals surface area contributed by atoms with Crippen LogP contribution in [0.25, 0.3) is 22.0 Å². The number of pyridine rings is 1. The Morgan fingerprint density at radius 2 is 2.03 bits per heavy atom. The molecule has 4 rings (SSSR count). The average Bonchev–Trinajstić information content (AvgIpc) is 3.59. The molecule has 1 fully saturated rings. The number of benzene rings is 2. The van der Waals surface area contributed by atoms with Gasteiger partial charge in [-0.1, -0.05) is 17.7 Å². The van der Waals surface area contributed by atoms with Crippen molar-refractivity contribution < 1.29 is 14.3 Å². The molecule has 0 bridgehead atoms. The first kappa shape index (κ1) is 21.5. The average molecular weight is 442 g/mol. The topological polar surface area (TPSA) is 65.5 Å². The number of hydrogen-bond donors (Lipinski definition) is 2. The molecule has 0 aliphatic heterocycles. The van der Waals surface area contributed by atoms with Gasteiger partial charge in [0.2, 0.25) is 0 Å². The summed E-state index contributed by atoms with van der Waals surface area (Å²) in [5, 5.41) is 13.9. The Morgan fingerprint density at radius 1 is 1.26 bits per heavy atom. The van der Waals surface area contributed by atoms with Gasteiger partial charge in [0.05, 0.1) is 21.8 Å². The summed E-state index contributed by atoms with van der Waals surface area (Å²) in [6, 6.07) is 8.34. The molecule has 0 saturated heterocycles. The quantitative estimate of drug-likeness (QED) is 0.364. The lowest BCUT2D eigenvalue weighted by molar-refractivity contribution is 0.0968. The summed E-state index contributed by atoms with van der Waals surface area (Å²) >= 11 is 5.97. The second-order valence-electron chi connectivity index (χ2n) is 8.29. The van der Waals surface area contributed by atoms with E-state index in [1.165, 1.54) is 12.1 Å². The van der Waals surface area contributed by atoms with Crippen LogP contribution in [0.15, 0.2) is 36.5 Å². The molecule has 5 nitrogen and oxygen atoms in total. The van der Waals surface area contributed by atoms with Crippen LogP contribution in [0, 0.1) is 11.7 Å². The number of nitrogens with one attached hydrogen (secondary N) is 1. The molecule has 1 heterocycles. The molecule has 1 aromatic heterocycles. The highest BCUT2D eigenvalue weighted by Crippen LogP contribution is 2.38. The molecule has 2 N–H and O–H groups in total. The number of halogens is 2.